The summed E-state index contributed by atoms with van der Waals surface area (Å²) < 4.78 is 16.1. The molecule has 2 rings (SSSR count). The van der Waals surface area contributed by atoms with Gasteiger partial charge in [-0.2, -0.15) is 0 Å². The molecule has 0 saturated heterocycles. The summed E-state index contributed by atoms with van der Waals surface area (Å²) in [5.41, 5.74) is 1.45. The van der Waals surface area contributed by atoms with E-state index in [0.717, 1.165) is 16.9 Å². The number of nitrogens with one attached hydrogen (secondary N) is 1. The monoisotopic (exact) mass is 425 g/mol. The van der Waals surface area contributed by atoms with Crippen molar-refractivity contribution in [1.29, 1.82) is 0 Å². The zero-order valence-electron chi connectivity index (χ0n) is 18.6. The highest BCUT2D eigenvalue weighted by Crippen LogP contribution is 2.16. The summed E-state index contributed by atoms with van der Waals surface area (Å²) in [5.74, 6) is 0.300. The van der Waals surface area contributed by atoms with E-state index in [1.807, 2.05) is 54.6 Å². The second kappa shape index (κ2) is 11.8. The van der Waals surface area contributed by atoms with Crippen molar-refractivity contribution in [2.75, 3.05) is 6.61 Å². The smallest absolute Gasteiger partial charge is 0.408 e. The van der Waals surface area contributed by atoms with Crippen LogP contribution in [0.25, 0.3) is 0 Å². The Kier molecular flexibility index (Phi) is 9.13. The Bertz CT molecular complexity index is 854. The molecule has 2 aromatic rings. The van der Waals surface area contributed by atoms with E-state index < -0.39 is 23.7 Å². The van der Waals surface area contributed by atoms with Gasteiger partial charge in [-0.25, -0.2) is 9.59 Å². The fourth-order valence-corrected chi connectivity index (χ4v) is 2.73. The number of amides is 1. The second-order valence-corrected chi connectivity index (χ2v) is 7.99. The van der Waals surface area contributed by atoms with E-state index in [1.165, 1.54) is 6.08 Å². The molecule has 6 heteroatoms. The molecule has 0 radical (unpaired) electrons. The quantitative estimate of drug-likeness (QED) is 0.461. The number of esters is 1. The molecule has 0 aliphatic carbocycles. The van der Waals surface area contributed by atoms with Gasteiger partial charge >= 0.3 is 12.1 Å². The summed E-state index contributed by atoms with van der Waals surface area (Å²) in [7, 11) is 0. The van der Waals surface area contributed by atoms with Gasteiger partial charge in [-0.15, -0.1) is 0 Å². The lowest BCUT2D eigenvalue weighted by molar-refractivity contribution is -0.137. The van der Waals surface area contributed by atoms with E-state index in [1.54, 1.807) is 33.8 Å². The van der Waals surface area contributed by atoms with Gasteiger partial charge in [0, 0.05) is 6.08 Å². The van der Waals surface area contributed by atoms with E-state index in [9.17, 15) is 9.59 Å². The lowest BCUT2D eigenvalue weighted by Gasteiger charge is -2.22. The maximum absolute atomic E-state index is 12.2. The van der Waals surface area contributed by atoms with Crippen LogP contribution in [0.1, 0.15) is 38.8 Å². The Morgan fingerprint density at radius 1 is 1.00 bits per heavy atom. The first-order valence-electron chi connectivity index (χ1n) is 10.4. The Labute approximate surface area is 184 Å². The highest BCUT2D eigenvalue weighted by atomic mass is 16.6. The van der Waals surface area contributed by atoms with E-state index in [0.29, 0.717) is 13.0 Å². The van der Waals surface area contributed by atoms with E-state index in [2.05, 4.69) is 5.32 Å². The predicted molar refractivity (Wildman–Crippen MR) is 120 cm³/mol. The van der Waals surface area contributed by atoms with Crippen LogP contribution in [0.2, 0.25) is 0 Å². The number of carbonyl (C=O) groups excluding carboxylic acids is 2. The van der Waals surface area contributed by atoms with Crippen molar-refractivity contribution in [2.45, 2.75) is 52.4 Å². The standard InChI is InChI=1S/C25H31NO5/c1-5-29-23(27)16-13-21(26-24(28)31-25(2,3)4)17-19-11-14-22(15-12-19)30-18-20-9-7-6-8-10-20/h6-16,21H,5,17-18H2,1-4H3,(H,26,28)/t21-/m1/s1. The minimum absolute atomic E-state index is 0.289. The van der Waals surface area contributed by atoms with Gasteiger partial charge in [-0.1, -0.05) is 48.5 Å². The number of carbonyl (C=O) groups is 2. The molecule has 1 amide bonds. The SMILES string of the molecule is CCOC(=O)C=C[C@H](Cc1ccc(OCc2ccccc2)cc1)NC(=O)OC(C)(C)C. The topological polar surface area (TPSA) is 73.9 Å². The fourth-order valence-electron chi connectivity index (χ4n) is 2.73. The molecule has 0 bridgehead atoms. The van der Waals surface area contributed by atoms with Gasteiger partial charge < -0.3 is 19.5 Å². The normalized spacial score (nSPS) is 12.3. The Morgan fingerprint density at radius 2 is 1.68 bits per heavy atom. The molecular weight excluding hydrogens is 394 g/mol. The summed E-state index contributed by atoms with van der Waals surface area (Å²) in [6.45, 7) is 7.91. The molecule has 6 nitrogen and oxygen atoms in total. The third kappa shape index (κ3) is 9.85. The molecule has 0 aromatic heterocycles. The predicted octanol–water partition coefficient (Wildman–Crippen LogP) is 4.82. The van der Waals surface area contributed by atoms with Crippen LogP contribution in [0.3, 0.4) is 0 Å². The van der Waals surface area contributed by atoms with Gasteiger partial charge in [0.25, 0.3) is 0 Å². The van der Waals surface area contributed by atoms with Gasteiger partial charge in [-0.3, -0.25) is 0 Å². The average molecular weight is 426 g/mol. The molecule has 0 saturated carbocycles. The number of hydrogen-bond donors (Lipinski definition) is 1. The van der Waals surface area contributed by atoms with Crippen molar-refractivity contribution < 1.29 is 23.8 Å². The molecule has 1 atom stereocenters. The van der Waals surface area contributed by atoms with Gasteiger partial charge in [0.15, 0.2) is 0 Å². The molecule has 1 N–H and O–H groups in total. The highest BCUT2D eigenvalue weighted by Gasteiger charge is 2.19. The fraction of sp³-hybridized carbons (Fsp3) is 0.360. The number of rotatable bonds is 9. The molecule has 31 heavy (non-hydrogen) atoms. The minimum atomic E-state index is -0.614. The largest absolute Gasteiger partial charge is 0.489 e. The lowest BCUT2D eigenvalue weighted by Crippen LogP contribution is -2.39. The molecule has 0 aliphatic rings. The van der Waals surface area contributed by atoms with Crippen LogP contribution >= 0.6 is 0 Å². The van der Waals surface area contributed by atoms with Crippen molar-refractivity contribution in [3.8, 4) is 5.75 Å². The van der Waals surface area contributed by atoms with Crippen LogP contribution in [0.5, 0.6) is 5.75 Å². The minimum Gasteiger partial charge on any atom is -0.489 e. The number of alkyl carbamates (subject to hydrolysis) is 1. The first-order chi connectivity index (χ1) is 14.7. The third-order valence-electron chi connectivity index (χ3n) is 4.08. The second-order valence-electron chi connectivity index (χ2n) is 7.99. The molecule has 166 valence electrons. The maximum Gasteiger partial charge on any atom is 0.408 e. The van der Waals surface area contributed by atoms with Gasteiger partial charge in [0.05, 0.1) is 12.6 Å². The molecule has 2 aromatic carbocycles. The third-order valence-corrected chi connectivity index (χ3v) is 4.08. The van der Waals surface area contributed by atoms with Crippen molar-refractivity contribution in [3.63, 3.8) is 0 Å². The highest BCUT2D eigenvalue weighted by molar-refractivity contribution is 5.82. The van der Waals surface area contributed by atoms with E-state index >= 15 is 0 Å². The van der Waals surface area contributed by atoms with Crippen molar-refractivity contribution in [2.24, 2.45) is 0 Å². The first kappa shape index (κ1) is 24.0. The summed E-state index contributed by atoms with van der Waals surface area (Å²) in [5, 5.41) is 2.79. The summed E-state index contributed by atoms with van der Waals surface area (Å²) in [6.07, 6.45) is 2.87. The van der Waals surface area contributed by atoms with Crippen molar-refractivity contribution in [3.05, 3.63) is 77.9 Å². The van der Waals surface area contributed by atoms with Crippen LogP contribution in [0.4, 0.5) is 4.79 Å². The van der Waals surface area contributed by atoms with Gasteiger partial charge in [0.1, 0.15) is 18.0 Å². The molecule has 0 unspecified atom stereocenters. The van der Waals surface area contributed by atoms with Crippen LogP contribution in [0, 0.1) is 0 Å². The van der Waals surface area contributed by atoms with Crippen LogP contribution in [0.15, 0.2) is 66.7 Å². The number of ether oxygens (including phenoxy) is 3. The Morgan fingerprint density at radius 3 is 2.29 bits per heavy atom. The lowest BCUT2D eigenvalue weighted by atomic mass is 10.1. The maximum atomic E-state index is 12.2. The average Bonchev–Trinajstić information content (AvgIpc) is 2.71. The van der Waals surface area contributed by atoms with Crippen LogP contribution < -0.4 is 10.1 Å². The van der Waals surface area contributed by atoms with E-state index in [-0.39, 0.29) is 6.61 Å². The molecule has 0 fully saturated rings. The zero-order chi connectivity index (χ0) is 22.7. The Balaban J connectivity index is 2.00. The Hall–Kier alpha value is -3.28. The molecule has 0 spiro atoms. The first-order valence-corrected chi connectivity index (χ1v) is 10.4. The summed E-state index contributed by atoms with van der Waals surface area (Å²) >= 11 is 0. The molecule has 0 heterocycles. The van der Waals surface area contributed by atoms with Crippen molar-refractivity contribution in [1.82, 2.24) is 5.32 Å². The van der Waals surface area contributed by atoms with Crippen molar-refractivity contribution >= 4 is 12.1 Å². The van der Waals surface area contributed by atoms with E-state index in [4.69, 9.17) is 14.2 Å². The molecule has 0 aliphatic heterocycles. The molecular formula is C25H31NO5. The summed E-state index contributed by atoms with van der Waals surface area (Å²) in [4.78, 5) is 23.9. The number of benzene rings is 2. The summed E-state index contributed by atoms with van der Waals surface area (Å²) in [6, 6.07) is 17.1. The van der Waals surface area contributed by atoms with Gasteiger partial charge in [0.2, 0.25) is 0 Å². The van der Waals surface area contributed by atoms with Gasteiger partial charge in [-0.05, 0) is 57.4 Å². The van der Waals surface area contributed by atoms with Crippen LogP contribution in [-0.2, 0) is 27.3 Å². The zero-order valence-corrected chi connectivity index (χ0v) is 18.6. The van der Waals surface area contributed by atoms with Crippen LogP contribution in [-0.4, -0.2) is 30.3 Å². The number of hydrogen-bond acceptors (Lipinski definition) is 5.